The van der Waals surface area contributed by atoms with Crippen molar-refractivity contribution in [1.82, 2.24) is 0 Å². The Bertz CT molecular complexity index is 950. The summed E-state index contributed by atoms with van der Waals surface area (Å²) in [6.07, 6.45) is 0. The first-order valence-electron chi connectivity index (χ1n) is 12.2. The molecule has 0 saturated carbocycles. The number of hydrogen-bond acceptors (Lipinski definition) is 3. The van der Waals surface area contributed by atoms with Crippen LogP contribution in [0.2, 0.25) is 0 Å². The van der Waals surface area contributed by atoms with Gasteiger partial charge in [-0.2, -0.15) is 0 Å². The molecule has 3 rings (SSSR count). The predicted octanol–water partition coefficient (Wildman–Crippen LogP) is 6.49. The molecular formula is C30H39O3P. The zero-order valence-electron chi connectivity index (χ0n) is 22.3. The fraction of sp³-hybridized carbons (Fsp3) is 0.400. The minimum absolute atomic E-state index is 0.671. The van der Waals surface area contributed by atoms with Crippen LogP contribution < -0.4 is 30.1 Å². The van der Waals surface area contributed by atoms with Crippen molar-refractivity contribution >= 4 is 23.8 Å². The van der Waals surface area contributed by atoms with E-state index >= 15 is 0 Å². The minimum atomic E-state index is -0.775. The highest BCUT2D eigenvalue weighted by Crippen LogP contribution is 2.39. The molecule has 182 valence electrons. The summed E-state index contributed by atoms with van der Waals surface area (Å²) in [4.78, 5) is 0. The second-order valence-electron chi connectivity index (χ2n) is 8.86. The molecule has 0 heterocycles. The lowest BCUT2D eigenvalue weighted by atomic mass is 10.1. The average Bonchev–Trinajstić information content (AvgIpc) is 2.76. The van der Waals surface area contributed by atoms with Gasteiger partial charge in [0.2, 0.25) is 0 Å². The van der Waals surface area contributed by atoms with Crippen LogP contribution in [0.25, 0.3) is 0 Å². The van der Waals surface area contributed by atoms with E-state index in [1.54, 1.807) is 0 Å². The molecule has 0 bridgehead atoms. The molecule has 0 fully saturated rings. The Morgan fingerprint density at radius 3 is 0.824 bits per heavy atom. The van der Waals surface area contributed by atoms with Crippen LogP contribution in [0.3, 0.4) is 0 Å². The molecule has 0 radical (unpaired) electrons. The Morgan fingerprint density at radius 2 is 0.647 bits per heavy atom. The molecule has 34 heavy (non-hydrogen) atoms. The summed E-state index contributed by atoms with van der Waals surface area (Å²) in [5, 5.41) is 4.00. The lowest BCUT2D eigenvalue weighted by molar-refractivity contribution is 0.335. The molecule has 0 aliphatic heterocycles. The van der Waals surface area contributed by atoms with Crippen LogP contribution in [0.15, 0.2) is 36.4 Å². The van der Waals surface area contributed by atoms with Crippen molar-refractivity contribution in [3.05, 3.63) is 69.8 Å². The second kappa shape index (κ2) is 11.3. The summed E-state index contributed by atoms with van der Waals surface area (Å²) in [5.74, 6) is 3.00. The van der Waals surface area contributed by atoms with Gasteiger partial charge in [-0.1, -0.05) is 0 Å². The molecular weight excluding hydrogens is 439 g/mol. The number of rotatable bonds is 9. The Kier molecular flexibility index (Phi) is 8.66. The van der Waals surface area contributed by atoms with Crippen LogP contribution in [0.5, 0.6) is 17.2 Å². The lowest BCUT2D eigenvalue weighted by Crippen LogP contribution is -2.23. The van der Waals surface area contributed by atoms with Crippen molar-refractivity contribution < 1.29 is 14.2 Å². The molecule has 3 aromatic rings. The maximum Gasteiger partial charge on any atom is 0.125 e. The Labute approximate surface area is 207 Å². The molecule has 0 amide bonds. The second-order valence-corrected chi connectivity index (χ2v) is 11.1. The van der Waals surface area contributed by atoms with E-state index in [9.17, 15) is 0 Å². The Morgan fingerprint density at radius 1 is 0.441 bits per heavy atom. The molecule has 0 aliphatic carbocycles. The van der Waals surface area contributed by atoms with E-state index < -0.39 is 7.92 Å². The normalized spacial score (nSPS) is 11.1. The lowest BCUT2D eigenvalue weighted by Gasteiger charge is -2.25. The van der Waals surface area contributed by atoms with Gasteiger partial charge in [-0.25, -0.2) is 0 Å². The van der Waals surface area contributed by atoms with Crippen molar-refractivity contribution in [3.63, 3.8) is 0 Å². The van der Waals surface area contributed by atoms with Gasteiger partial charge in [-0.3, -0.25) is 0 Å². The standard InChI is InChI=1S/C30H39O3P/c1-10-31-28-19(4)13-25(14-20(28)5)34(26-15-21(6)29(32-11-2)22(7)16-26)27-17-23(8)30(33-12-3)24(9)18-27/h13-18H,10-12H2,1-9H3. The number of ether oxygens (including phenoxy) is 3. The van der Waals surface area contributed by atoms with Crippen LogP contribution in [0.4, 0.5) is 0 Å². The monoisotopic (exact) mass is 478 g/mol. The van der Waals surface area contributed by atoms with E-state index in [1.165, 1.54) is 49.3 Å². The summed E-state index contributed by atoms with van der Waals surface area (Å²) in [6.45, 7) is 21.0. The summed E-state index contributed by atoms with van der Waals surface area (Å²) in [7, 11) is -0.775. The predicted molar refractivity (Wildman–Crippen MR) is 147 cm³/mol. The summed E-state index contributed by atoms with van der Waals surface area (Å²) < 4.78 is 17.8. The zero-order valence-corrected chi connectivity index (χ0v) is 23.2. The highest BCUT2D eigenvalue weighted by Gasteiger charge is 2.22. The summed E-state index contributed by atoms with van der Waals surface area (Å²) >= 11 is 0. The molecule has 0 atom stereocenters. The van der Waals surface area contributed by atoms with Gasteiger partial charge in [0.1, 0.15) is 17.2 Å². The molecule has 3 nitrogen and oxygen atoms in total. The highest BCUT2D eigenvalue weighted by atomic mass is 31.1. The van der Waals surface area contributed by atoms with E-state index in [2.05, 4.69) is 77.9 Å². The largest absolute Gasteiger partial charge is 0.493 e. The number of benzene rings is 3. The Hall–Kier alpha value is -2.51. The molecule has 4 heteroatoms. The topological polar surface area (TPSA) is 27.7 Å². The third kappa shape index (κ3) is 5.41. The van der Waals surface area contributed by atoms with Crippen LogP contribution in [0.1, 0.15) is 54.2 Å². The van der Waals surface area contributed by atoms with Gasteiger partial charge >= 0.3 is 0 Å². The fourth-order valence-corrected chi connectivity index (χ4v) is 7.56. The maximum atomic E-state index is 5.95. The van der Waals surface area contributed by atoms with Gasteiger partial charge in [0.15, 0.2) is 0 Å². The van der Waals surface area contributed by atoms with E-state index in [-0.39, 0.29) is 0 Å². The molecule has 3 aromatic carbocycles. The summed E-state index contributed by atoms with van der Waals surface area (Å²) in [5.41, 5.74) is 7.10. The quantitative estimate of drug-likeness (QED) is 0.329. The van der Waals surface area contributed by atoms with Gasteiger partial charge in [0.25, 0.3) is 0 Å². The average molecular weight is 479 g/mol. The Balaban J connectivity index is 2.26. The maximum absolute atomic E-state index is 5.95. The van der Waals surface area contributed by atoms with Gasteiger partial charge in [-0.05, 0) is 156 Å². The van der Waals surface area contributed by atoms with Crippen molar-refractivity contribution in [3.8, 4) is 17.2 Å². The first-order chi connectivity index (χ1) is 16.2. The molecule has 0 unspecified atom stereocenters. The van der Waals surface area contributed by atoms with Crippen molar-refractivity contribution in [2.24, 2.45) is 0 Å². The van der Waals surface area contributed by atoms with Crippen LogP contribution in [-0.4, -0.2) is 19.8 Å². The van der Waals surface area contributed by atoms with Gasteiger partial charge in [0.05, 0.1) is 19.8 Å². The molecule has 0 N–H and O–H groups in total. The van der Waals surface area contributed by atoms with E-state index in [0.717, 1.165) is 17.2 Å². The first-order valence-corrected chi connectivity index (χ1v) is 13.6. The van der Waals surface area contributed by atoms with Crippen LogP contribution in [-0.2, 0) is 0 Å². The number of hydrogen-bond donors (Lipinski definition) is 0. The van der Waals surface area contributed by atoms with E-state index in [1.807, 2.05) is 20.8 Å². The molecule has 0 aliphatic rings. The third-order valence-electron chi connectivity index (χ3n) is 5.98. The fourth-order valence-electron chi connectivity index (χ4n) is 4.73. The van der Waals surface area contributed by atoms with Gasteiger partial charge in [0, 0.05) is 0 Å². The molecule has 0 saturated heterocycles. The van der Waals surface area contributed by atoms with Crippen LogP contribution >= 0.6 is 7.92 Å². The zero-order chi connectivity index (χ0) is 25.0. The number of aryl methyl sites for hydroxylation is 6. The van der Waals surface area contributed by atoms with Crippen LogP contribution in [0, 0.1) is 41.5 Å². The van der Waals surface area contributed by atoms with E-state index in [4.69, 9.17) is 14.2 Å². The first kappa shape index (κ1) is 26.1. The molecule has 0 aromatic heterocycles. The minimum Gasteiger partial charge on any atom is -0.493 e. The molecule has 0 spiro atoms. The van der Waals surface area contributed by atoms with Crippen molar-refractivity contribution in [2.75, 3.05) is 19.8 Å². The smallest absolute Gasteiger partial charge is 0.125 e. The van der Waals surface area contributed by atoms with Gasteiger partial charge in [-0.15, -0.1) is 0 Å². The third-order valence-corrected chi connectivity index (χ3v) is 8.30. The SMILES string of the molecule is CCOc1c(C)cc(P(c2cc(C)c(OCC)c(C)c2)c2cc(C)c(OCC)c(C)c2)cc1C. The highest BCUT2D eigenvalue weighted by molar-refractivity contribution is 7.79. The van der Waals surface area contributed by atoms with E-state index in [0.29, 0.717) is 19.8 Å². The van der Waals surface area contributed by atoms with Gasteiger partial charge < -0.3 is 14.2 Å². The van der Waals surface area contributed by atoms with Crippen molar-refractivity contribution in [2.45, 2.75) is 62.3 Å². The summed E-state index contributed by atoms with van der Waals surface area (Å²) in [6, 6.07) is 13.9. The van der Waals surface area contributed by atoms with Crippen molar-refractivity contribution in [1.29, 1.82) is 0 Å².